The fourth-order valence-corrected chi connectivity index (χ4v) is 2.99. The van der Waals surface area contributed by atoms with Crippen LogP contribution in [0.4, 0.5) is 0 Å². The molecule has 0 radical (unpaired) electrons. The lowest BCUT2D eigenvalue weighted by molar-refractivity contribution is -0.137. The van der Waals surface area contributed by atoms with E-state index < -0.39 is 0 Å². The molecule has 1 unspecified atom stereocenters. The molecule has 1 rings (SSSR count). The summed E-state index contributed by atoms with van der Waals surface area (Å²) in [7, 11) is 1.43. The van der Waals surface area contributed by atoms with Gasteiger partial charge in [0.1, 0.15) is 0 Å². The molecule has 1 aromatic carbocycles. The molecule has 1 aromatic rings. The van der Waals surface area contributed by atoms with Gasteiger partial charge in [-0.15, -0.1) is 11.8 Å². The molecule has 0 bridgehead atoms. The fourth-order valence-electron chi connectivity index (χ4n) is 2.04. The van der Waals surface area contributed by atoms with Crippen molar-refractivity contribution < 1.29 is 9.53 Å². The van der Waals surface area contributed by atoms with Crippen molar-refractivity contribution in [2.45, 2.75) is 32.7 Å². The van der Waals surface area contributed by atoms with Gasteiger partial charge in [-0.05, 0) is 24.1 Å². The molecule has 1 N–H and O–H groups in total. The number of esters is 1. The lowest BCUT2D eigenvalue weighted by Crippen LogP contribution is -2.23. The van der Waals surface area contributed by atoms with Gasteiger partial charge in [-0.25, -0.2) is 0 Å². The van der Waals surface area contributed by atoms with Crippen molar-refractivity contribution in [3.8, 4) is 0 Å². The SMILES string of the molecule is CCCc1ccc(C(CSCC(=O)OC)NCC)cc1. The summed E-state index contributed by atoms with van der Waals surface area (Å²) in [6, 6.07) is 9.07. The summed E-state index contributed by atoms with van der Waals surface area (Å²) in [5, 5.41) is 3.47. The van der Waals surface area contributed by atoms with Gasteiger partial charge in [-0.1, -0.05) is 44.5 Å². The maximum Gasteiger partial charge on any atom is 0.315 e. The molecule has 4 heteroatoms. The number of carbonyl (C=O) groups excluding carboxylic acids is 1. The first-order chi connectivity index (χ1) is 9.71. The second-order valence-electron chi connectivity index (χ2n) is 4.69. The average molecular weight is 295 g/mol. The summed E-state index contributed by atoms with van der Waals surface area (Å²) in [5.41, 5.74) is 2.66. The number of thioether (sulfide) groups is 1. The Hall–Kier alpha value is -1.00. The van der Waals surface area contributed by atoms with Crippen LogP contribution in [0.2, 0.25) is 0 Å². The summed E-state index contributed by atoms with van der Waals surface area (Å²) in [4.78, 5) is 11.1. The Labute approximate surface area is 126 Å². The third kappa shape index (κ3) is 5.97. The van der Waals surface area contributed by atoms with E-state index in [1.54, 1.807) is 11.8 Å². The summed E-state index contributed by atoms with van der Waals surface area (Å²) in [6.07, 6.45) is 2.30. The number of hydrogen-bond acceptors (Lipinski definition) is 4. The van der Waals surface area contributed by atoms with E-state index >= 15 is 0 Å². The topological polar surface area (TPSA) is 38.3 Å². The van der Waals surface area contributed by atoms with Gasteiger partial charge in [0.15, 0.2) is 0 Å². The van der Waals surface area contributed by atoms with Crippen LogP contribution in [0.5, 0.6) is 0 Å². The van der Waals surface area contributed by atoms with Crippen molar-refractivity contribution in [3.05, 3.63) is 35.4 Å². The molecule has 0 saturated carbocycles. The molecular formula is C16H25NO2S. The number of aryl methyl sites for hydroxylation is 1. The molecule has 3 nitrogen and oxygen atoms in total. The highest BCUT2D eigenvalue weighted by Gasteiger charge is 2.11. The minimum Gasteiger partial charge on any atom is -0.468 e. The fraction of sp³-hybridized carbons (Fsp3) is 0.562. The van der Waals surface area contributed by atoms with E-state index in [2.05, 4.69) is 48.2 Å². The van der Waals surface area contributed by atoms with Crippen molar-refractivity contribution in [2.75, 3.05) is 25.2 Å². The van der Waals surface area contributed by atoms with Gasteiger partial charge < -0.3 is 10.1 Å². The summed E-state index contributed by atoms with van der Waals surface area (Å²) >= 11 is 1.61. The third-order valence-corrected chi connectivity index (χ3v) is 4.11. The highest BCUT2D eigenvalue weighted by atomic mass is 32.2. The van der Waals surface area contributed by atoms with Crippen LogP contribution < -0.4 is 5.32 Å². The van der Waals surface area contributed by atoms with Crippen LogP contribution >= 0.6 is 11.8 Å². The monoisotopic (exact) mass is 295 g/mol. The molecule has 0 fully saturated rings. The molecule has 0 amide bonds. The molecule has 0 spiro atoms. The molecule has 0 saturated heterocycles. The lowest BCUT2D eigenvalue weighted by Gasteiger charge is -2.18. The molecular weight excluding hydrogens is 270 g/mol. The van der Waals surface area contributed by atoms with Gasteiger partial charge in [-0.2, -0.15) is 0 Å². The van der Waals surface area contributed by atoms with Crippen LogP contribution in [0.3, 0.4) is 0 Å². The second kappa shape index (κ2) is 9.83. The summed E-state index contributed by atoms with van der Waals surface area (Å²) in [5.74, 6) is 1.12. The average Bonchev–Trinajstić information content (AvgIpc) is 2.47. The van der Waals surface area contributed by atoms with Crippen LogP contribution in [0, 0.1) is 0 Å². The molecule has 0 heterocycles. The Morgan fingerprint density at radius 2 is 2.00 bits per heavy atom. The zero-order chi connectivity index (χ0) is 14.8. The zero-order valence-electron chi connectivity index (χ0n) is 12.6. The number of ether oxygens (including phenoxy) is 1. The van der Waals surface area contributed by atoms with E-state index in [1.807, 2.05) is 0 Å². The summed E-state index contributed by atoms with van der Waals surface area (Å²) < 4.78 is 4.66. The Morgan fingerprint density at radius 1 is 1.30 bits per heavy atom. The Morgan fingerprint density at radius 3 is 2.55 bits per heavy atom. The van der Waals surface area contributed by atoms with Gasteiger partial charge in [0.05, 0.1) is 12.9 Å². The molecule has 1 atom stereocenters. The van der Waals surface area contributed by atoms with Crippen molar-refractivity contribution in [1.82, 2.24) is 5.32 Å². The number of carbonyl (C=O) groups is 1. The van der Waals surface area contributed by atoms with Crippen LogP contribution in [0.25, 0.3) is 0 Å². The highest BCUT2D eigenvalue weighted by Crippen LogP contribution is 2.19. The largest absolute Gasteiger partial charge is 0.468 e. The van der Waals surface area contributed by atoms with Crippen LogP contribution in [-0.2, 0) is 16.0 Å². The smallest absolute Gasteiger partial charge is 0.315 e. The van der Waals surface area contributed by atoms with E-state index in [9.17, 15) is 4.79 Å². The predicted molar refractivity (Wildman–Crippen MR) is 86.2 cm³/mol. The van der Waals surface area contributed by atoms with Crippen LogP contribution in [0.1, 0.15) is 37.4 Å². The second-order valence-corrected chi connectivity index (χ2v) is 5.72. The first kappa shape index (κ1) is 17.1. The number of methoxy groups -OCH3 is 1. The van der Waals surface area contributed by atoms with Gasteiger partial charge >= 0.3 is 5.97 Å². The van der Waals surface area contributed by atoms with Crippen LogP contribution in [-0.4, -0.2) is 31.1 Å². The molecule has 0 aliphatic carbocycles. The standard InChI is InChI=1S/C16H25NO2S/c1-4-6-13-7-9-14(10-8-13)15(17-5-2)11-20-12-16(18)19-3/h7-10,15,17H,4-6,11-12H2,1-3H3. The van der Waals surface area contributed by atoms with Crippen molar-refractivity contribution in [1.29, 1.82) is 0 Å². The van der Waals surface area contributed by atoms with Crippen molar-refractivity contribution in [3.63, 3.8) is 0 Å². The van der Waals surface area contributed by atoms with Gasteiger partial charge in [0.2, 0.25) is 0 Å². The third-order valence-electron chi connectivity index (χ3n) is 3.10. The normalized spacial score (nSPS) is 12.2. The van der Waals surface area contributed by atoms with E-state index in [-0.39, 0.29) is 12.0 Å². The first-order valence-electron chi connectivity index (χ1n) is 7.18. The summed E-state index contributed by atoms with van der Waals surface area (Å²) in [6.45, 7) is 5.21. The van der Waals surface area contributed by atoms with Crippen molar-refractivity contribution in [2.24, 2.45) is 0 Å². The van der Waals surface area contributed by atoms with E-state index in [1.165, 1.54) is 24.7 Å². The van der Waals surface area contributed by atoms with Gasteiger partial charge in [0.25, 0.3) is 0 Å². The molecule has 0 aliphatic heterocycles. The van der Waals surface area contributed by atoms with Gasteiger partial charge in [-0.3, -0.25) is 4.79 Å². The Balaban J connectivity index is 2.57. The molecule has 112 valence electrons. The maximum atomic E-state index is 11.1. The van der Waals surface area contributed by atoms with E-state index in [0.29, 0.717) is 5.75 Å². The molecule has 20 heavy (non-hydrogen) atoms. The Kier molecular flexibility index (Phi) is 8.38. The van der Waals surface area contributed by atoms with Gasteiger partial charge in [0, 0.05) is 11.8 Å². The predicted octanol–water partition coefficient (Wildman–Crippen LogP) is 3.20. The first-order valence-corrected chi connectivity index (χ1v) is 8.33. The molecule has 0 aromatic heterocycles. The Bertz CT molecular complexity index is 392. The number of benzene rings is 1. The maximum absolute atomic E-state index is 11.1. The quantitative estimate of drug-likeness (QED) is 0.710. The lowest BCUT2D eigenvalue weighted by atomic mass is 10.0. The highest BCUT2D eigenvalue weighted by molar-refractivity contribution is 7.99. The molecule has 0 aliphatic rings. The van der Waals surface area contributed by atoms with E-state index in [0.717, 1.165) is 18.7 Å². The van der Waals surface area contributed by atoms with Crippen molar-refractivity contribution >= 4 is 17.7 Å². The number of rotatable bonds is 9. The minimum absolute atomic E-state index is 0.163. The minimum atomic E-state index is -0.163. The number of hydrogen-bond donors (Lipinski definition) is 1. The zero-order valence-corrected chi connectivity index (χ0v) is 13.5. The number of nitrogens with one attached hydrogen (secondary N) is 1. The van der Waals surface area contributed by atoms with Crippen LogP contribution in [0.15, 0.2) is 24.3 Å². The van der Waals surface area contributed by atoms with E-state index in [4.69, 9.17) is 0 Å².